The number of nitrogens with zero attached hydrogens (tertiary/aromatic N) is 1. The Bertz CT molecular complexity index is 682. The van der Waals surface area contributed by atoms with Gasteiger partial charge in [0, 0.05) is 17.7 Å². The molecule has 0 aromatic heterocycles. The molecule has 2 N–H and O–H groups in total. The van der Waals surface area contributed by atoms with Crippen molar-refractivity contribution in [2.75, 3.05) is 18.1 Å². The van der Waals surface area contributed by atoms with Gasteiger partial charge in [0.15, 0.2) is 0 Å². The minimum absolute atomic E-state index is 0.143. The highest BCUT2D eigenvalue weighted by atomic mass is 19.1. The number of fused-ring (bicyclic) bond motifs is 1. The topological polar surface area (TPSA) is 43.7 Å². The second kappa shape index (κ2) is 5.48. The van der Waals surface area contributed by atoms with Crippen molar-refractivity contribution in [3.8, 4) is 5.75 Å². The van der Waals surface area contributed by atoms with Gasteiger partial charge < -0.3 is 15.1 Å². The molecule has 0 saturated heterocycles. The maximum atomic E-state index is 13.0. The van der Waals surface area contributed by atoms with Gasteiger partial charge in [-0.1, -0.05) is 30.3 Å². The van der Waals surface area contributed by atoms with Crippen LogP contribution in [0.2, 0.25) is 0 Å². The molecule has 0 unspecified atom stereocenters. The molecule has 0 spiro atoms. The number of hydrogen-bond donors (Lipinski definition) is 2. The van der Waals surface area contributed by atoms with E-state index in [4.69, 9.17) is 0 Å². The number of benzene rings is 2. The van der Waals surface area contributed by atoms with Gasteiger partial charge >= 0.3 is 0 Å². The smallest absolute Gasteiger partial charge is 0.121 e. The van der Waals surface area contributed by atoms with E-state index in [1.807, 2.05) is 30.3 Å². The second-order valence-electron chi connectivity index (χ2n) is 4.99. The first-order valence-corrected chi connectivity index (χ1v) is 6.83. The van der Waals surface area contributed by atoms with Crippen molar-refractivity contribution < 1.29 is 14.6 Å². The van der Waals surface area contributed by atoms with E-state index in [9.17, 15) is 14.6 Å². The van der Waals surface area contributed by atoms with Crippen LogP contribution in [0.25, 0.3) is 5.70 Å². The Labute approximate surface area is 122 Å². The lowest BCUT2D eigenvalue weighted by atomic mass is 9.97. The van der Waals surface area contributed by atoms with Gasteiger partial charge in [-0.3, -0.25) is 0 Å². The number of rotatable bonds is 3. The fourth-order valence-corrected chi connectivity index (χ4v) is 2.75. The van der Waals surface area contributed by atoms with Gasteiger partial charge in [0.05, 0.1) is 12.2 Å². The molecule has 2 aromatic rings. The predicted octanol–water partition coefficient (Wildman–Crippen LogP) is 3.65. The Balaban J connectivity index is 2.13. The lowest BCUT2D eigenvalue weighted by Gasteiger charge is -2.33. The molecule has 3 nitrogen and oxygen atoms in total. The molecule has 0 aliphatic carbocycles. The lowest BCUT2D eigenvalue weighted by molar-refractivity contribution is 0.395. The summed E-state index contributed by atoms with van der Waals surface area (Å²) in [5.74, 6) is 0.331. The van der Waals surface area contributed by atoms with Crippen LogP contribution < -0.4 is 4.90 Å². The summed E-state index contributed by atoms with van der Waals surface area (Å²) < 4.78 is 13.0. The molecule has 1 aliphatic heterocycles. The van der Waals surface area contributed by atoms with Crippen LogP contribution in [-0.4, -0.2) is 23.4 Å². The summed E-state index contributed by atoms with van der Waals surface area (Å²) in [4.78, 5) is 1.77. The van der Waals surface area contributed by atoms with Gasteiger partial charge in [-0.2, -0.15) is 0 Å². The first-order valence-electron chi connectivity index (χ1n) is 6.83. The van der Waals surface area contributed by atoms with E-state index in [1.54, 1.807) is 23.1 Å². The first-order chi connectivity index (χ1) is 10.2. The van der Waals surface area contributed by atoms with Crippen molar-refractivity contribution in [2.24, 2.45) is 0 Å². The van der Waals surface area contributed by atoms with Crippen molar-refractivity contribution in [3.63, 3.8) is 0 Å². The van der Waals surface area contributed by atoms with Crippen LogP contribution in [0.5, 0.6) is 5.75 Å². The van der Waals surface area contributed by atoms with Crippen LogP contribution in [0.3, 0.4) is 0 Å². The maximum Gasteiger partial charge on any atom is 0.121 e. The summed E-state index contributed by atoms with van der Waals surface area (Å²) in [6.45, 7) is -0.365. The van der Waals surface area contributed by atoms with Gasteiger partial charge in [-0.05, 0) is 23.8 Å². The van der Waals surface area contributed by atoms with E-state index < -0.39 is 6.67 Å². The number of anilines is 1. The fourth-order valence-electron chi connectivity index (χ4n) is 2.75. The van der Waals surface area contributed by atoms with Crippen molar-refractivity contribution >= 4 is 11.4 Å². The number of phenols is 1. The molecule has 3 rings (SSSR count). The number of aromatic hydroxyl groups is 1. The number of allylic oxidation sites excluding steroid dienone is 1. The summed E-state index contributed by atoms with van der Waals surface area (Å²) in [6, 6.07) is 14.4. The highest BCUT2D eigenvalue weighted by Crippen LogP contribution is 2.38. The normalized spacial score (nSPS) is 14.2. The number of aliphatic hydroxyl groups excluding tert-OH is 1. The second-order valence-corrected chi connectivity index (χ2v) is 4.99. The molecule has 4 heteroatoms. The number of phenolic OH excluding ortho intramolecular Hbond substituents is 1. The number of hydrogen-bond acceptors (Lipinski definition) is 3. The SMILES string of the molecule is OC1=C(c2ccccc2)N(CCF)c2ccc(O)cc2C1. The molecule has 0 fully saturated rings. The van der Waals surface area contributed by atoms with Crippen LogP contribution >= 0.6 is 0 Å². The number of aliphatic hydroxyl groups is 1. The van der Waals surface area contributed by atoms with Crippen LogP contribution in [0.1, 0.15) is 11.1 Å². The third-order valence-electron chi connectivity index (χ3n) is 3.61. The van der Waals surface area contributed by atoms with E-state index in [-0.39, 0.29) is 18.1 Å². The van der Waals surface area contributed by atoms with Crippen molar-refractivity contribution in [1.29, 1.82) is 0 Å². The quantitative estimate of drug-likeness (QED) is 0.904. The average Bonchev–Trinajstić information content (AvgIpc) is 2.48. The maximum absolute atomic E-state index is 13.0. The molecule has 1 aliphatic rings. The zero-order chi connectivity index (χ0) is 14.8. The van der Waals surface area contributed by atoms with Crippen molar-refractivity contribution in [2.45, 2.75) is 6.42 Å². The third-order valence-corrected chi connectivity index (χ3v) is 3.61. The minimum Gasteiger partial charge on any atom is -0.510 e. The summed E-state index contributed by atoms with van der Waals surface area (Å²) in [5.41, 5.74) is 3.09. The molecule has 21 heavy (non-hydrogen) atoms. The molecular formula is C17H16FNO2. The Kier molecular flexibility index (Phi) is 3.52. The van der Waals surface area contributed by atoms with Crippen LogP contribution in [-0.2, 0) is 6.42 Å². The summed E-state index contributed by atoms with van der Waals surface area (Å²) >= 11 is 0. The van der Waals surface area contributed by atoms with Crippen LogP contribution in [0.4, 0.5) is 10.1 Å². The van der Waals surface area contributed by atoms with E-state index in [0.29, 0.717) is 12.1 Å². The molecule has 2 aromatic carbocycles. The Morgan fingerprint density at radius 1 is 1.05 bits per heavy atom. The standard InChI is InChI=1S/C17H16FNO2/c18-8-9-19-15-7-6-14(20)10-13(15)11-16(21)17(19)12-4-2-1-3-5-12/h1-7,10,20-21H,8-9,11H2. The Morgan fingerprint density at radius 3 is 2.52 bits per heavy atom. The highest BCUT2D eigenvalue weighted by molar-refractivity contribution is 5.85. The predicted molar refractivity (Wildman–Crippen MR) is 81.1 cm³/mol. The zero-order valence-corrected chi connectivity index (χ0v) is 11.5. The molecule has 0 bridgehead atoms. The average molecular weight is 285 g/mol. The zero-order valence-electron chi connectivity index (χ0n) is 11.5. The van der Waals surface area contributed by atoms with Crippen LogP contribution in [0.15, 0.2) is 54.3 Å². The third kappa shape index (κ3) is 2.44. The minimum atomic E-state index is -0.524. The number of alkyl halides is 1. The van der Waals surface area contributed by atoms with E-state index in [2.05, 4.69) is 0 Å². The molecule has 0 amide bonds. The largest absolute Gasteiger partial charge is 0.510 e. The summed E-state index contributed by atoms with van der Waals surface area (Å²) in [5, 5.41) is 20.0. The monoisotopic (exact) mass is 285 g/mol. The first kappa shape index (κ1) is 13.5. The Hall–Kier alpha value is -2.49. The summed E-state index contributed by atoms with van der Waals surface area (Å²) in [6.07, 6.45) is 0.330. The number of halogens is 1. The Morgan fingerprint density at radius 2 is 1.81 bits per heavy atom. The lowest BCUT2D eigenvalue weighted by Crippen LogP contribution is -2.29. The van der Waals surface area contributed by atoms with Crippen molar-refractivity contribution in [1.82, 2.24) is 0 Å². The van der Waals surface area contributed by atoms with E-state index in [0.717, 1.165) is 16.8 Å². The summed E-state index contributed by atoms with van der Waals surface area (Å²) in [7, 11) is 0. The molecule has 1 heterocycles. The van der Waals surface area contributed by atoms with Crippen molar-refractivity contribution in [3.05, 3.63) is 65.4 Å². The van der Waals surface area contributed by atoms with E-state index in [1.165, 1.54) is 0 Å². The van der Waals surface area contributed by atoms with E-state index >= 15 is 0 Å². The molecule has 108 valence electrons. The highest BCUT2D eigenvalue weighted by Gasteiger charge is 2.26. The fraction of sp³-hybridized carbons (Fsp3) is 0.176. The molecule has 0 radical (unpaired) electrons. The molecule has 0 saturated carbocycles. The molecule has 0 atom stereocenters. The van der Waals surface area contributed by atoms with Gasteiger partial charge in [-0.15, -0.1) is 0 Å². The van der Waals surface area contributed by atoms with Gasteiger partial charge in [0.2, 0.25) is 0 Å². The van der Waals surface area contributed by atoms with Gasteiger partial charge in [0.1, 0.15) is 18.2 Å². The van der Waals surface area contributed by atoms with Gasteiger partial charge in [-0.25, -0.2) is 4.39 Å². The van der Waals surface area contributed by atoms with Gasteiger partial charge in [0.25, 0.3) is 0 Å². The molecular weight excluding hydrogens is 269 g/mol. The van der Waals surface area contributed by atoms with Crippen LogP contribution in [0, 0.1) is 0 Å².